The van der Waals surface area contributed by atoms with E-state index < -0.39 is 30.3 Å². The van der Waals surface area contributed by atoms with Crippen LogP contribution in [0.25, 0.3) is 5.65 Å². The van der Waals surface area contributed by atoms with Gasteiger partial charge in [-0.1, -0.05) is 0 Å². The van der Waals surface area contributed by atoms with Crippen LogP contribution >= 0.6 is 0 Å². The van der Waals surface area contributed by atoms with Crippen LogP contribution in [0.1, 0.15) is 18.3 Å². The van der Waals surface area contributed by atoms with Crippen molar-refractivity contribution in [3.63, 3.8) is 0 Å². The van der Waals surface area contributed by atoms with Crippen LogP contribution in [-0.4, -0.2) is 61.4 Å². The molecule has 9 heteroatoms. The number of aryl methyl sites for hydroxylation is 1. The van der Waals surface area contributed by atoms with Gasteiger partial charge >= 0.3 is 0 Å². The average molecular weight is 312 g/mol. The number of nitrogens with zero attached hydrogens (tertiary/aromatic N) is 4. The summed E-state index contributed by atoms with van der Waals surface area (Å²) < 4.78 is 27.5. The van der Waals surface area contributed by atoms with Crippen molar-refractivity contribution in [2.24, 2.45) is 0 Å². The summed E-state index contributed by atoms with van der Waals surface area (Å²) >= 11 is 0. The first-order valence-corrected chi connectivity index (χ1v) is 6.75. The summed E-state index contributed by atoms with van der Waals surface area (Å²) in [4.78, 5) is 8.18. The van der Waals surface area contributed by atoms with E-state index >= 15 is 4.39 Å². The molecular weight excluding hydrogens is 295 g/mol. The molecule has 0 aliphatic carbocycles. The van der Waals surface area contributed by atoms with Gasteiger partial charge in [0.15, 0.2) is 11.3 Å². The minimum atomic E-state index is -2.32. The molecule has 2 aromatic heterocycles. The highest BCUT2D eigenvalue weighted by Crippen LogP contribution is 2.49. The lowest BCUT2D eigenvalue weighted by Crippen LogP contribution is -2.50. The van der Waals surface area contributed by atoms with E-state index in [-0.39, 0.29) is 5.69 Å². The Bertz CT molecular complexity index is 706. The second-order valence-electron chi connectivity index (χ2n) is 5.40. The largest absolute Gasteiger partial charge is 0.394 e. The second-order valence-corrected chi connectivity index (χ2v) is 5.40. The van der Waals surface area contributed by atoms with Gasteiger partial charge in [0.25, 0.3) is 5.79 Å². The van der Waals surface area contributed by atoms with Gasteiger partial charge in [0.05, 0.1) is 18.5 Å². The molecule has 3 heterocycles. The van der Waals surface area contributed by atoms with Crippen molar-refractivity contribution in [2.75, 3.05) is 13.7 Å². The number of halogens is 1. The predicted octanol–water partition coefficient (Wildman–Crippen LogP) is -0.288. The fraction of sp³-hybridized carbons (Fsp3) is 0.615. The van der Waals surface area contributed by atoms with Crippen molar-refractivity contribution < 1.29 is 24.1 Å². The minimum Gasteiger partial charge on any atom is -0.394 e. The molecule has 22 heavy (non-hydrogen) atoms. The molecule has 4 atom stereocenters. The van der Waals surface area contributed by atoms with Crippen molar-refractivity contribution >= 4 is 5.65 Å². The third-order valence-corrected chi connectivity index (χ3v) is 4.15. The molecule has 2 N–H and O–H groups in total. The van der Waals surface area contributed by atoms with Gasteiger partial charge in [-0.05, 0) is 13.8 Å². The first kappa shape index (κ1) is 15.2. The standard InChI is InChI=1S/C13H17FN4O4/c1-7-11-15-4-9(18(11)17-6-16-7)13(21-3)12(2,14)10(20)8(5-19)22-13/h4,6,8,10,19-20H,5H2,1-3H3/t8-,10-,12-,13+/m1/s1. The third-order valence-electron chi connectivity index (χ3n) is 4.15. The molecule has 1 aliphatic rings. The molecule has 1 fully saturated rings. The monoisotopic (exact) mass is 312 g/mol. The van der Waals surface area contributed by atoms with E-state index in [1.165, 1.54) is 24.1 Å². The van der Waals surface area contributed by atoms with Crippen LogP contribution in [0.5, 0.6) is 0 Å². The second kappa shape index (κ2) is 4.92. The predicted molar refractivity (Wildman–Crippen MR) is 71.7 cm³/mol. The lowest BCUT2D eigenvalue weighted by Gasteiger charge is -2.34. The first-order valence-electron chi connectivity index (χ1n) is 6.75. The number of alkyl halides is 1. The molecule has 2 aromatic rings. The highest BCUT2D eigenvalue weighted by Gasteiger charge is 2.67. The Morgan fingerprint density at radius 2 is 2.23 bits per heavy atom. The Kier molecular flexibility index (Phi) is 3.40. The quantitative estimate of drug-likeness (QED) is 0.803. The van der Waals surface area contributed by atoms with Crippen LogP contribution in [0, 0.1) is 6.92 Å². The number of fused-ring (bicyclic) bond motifs is 1. The van der Waals surface area contributed by atoms with Crippen molar-refractivity contribution in [3.05, 3.63) is 23.9 Å². The van der Waals surface area contributed by atoms with E-state index in [4.69, 9.17) is 9.47 Å². The molecule has 0 amide bonds. The van der Waals surface area contributed by atoms with Gasteiger partial charge in [-0.3, -0.25) is 0 Å². The molecule has 0 radical (unpaired) electrons. The molecule has 120 valence electrons. The van der Waals surface area contributed by atoms with Crippen LogP contribution in [0.15, 0.2) is 12.5 Å². The smallest absolute Gasteiger partial charge is 0.252 e. The van der Waals surface area contributed by atoms with Crippen LogP contribution in [-0.2, 0) is 15.3 Å². The molecule has 0 unspecified atom stereocenters. The zero-order valence-electron chi connectivity index (χ0n) is 12.4. The molecule has 0 saturated carbocycles. The van der Waals surface area contributed by atoms with Crippen molar-refractivity contribution in [1.29, 1.82) is 0 Å². The molecule has 3 rings (SSSR count). The van der Waals surface area contributed by atoms with Gasteiger partial charge in [-0.15, -0.1) is 0 Å². The maximum atomic E-state index is 15.3. The van der Waals surface area contributed by atoms with E-state index in [0.29, 0.717) is 11.3 Å². The lowest BCUT2D eigenvalue weighted by molar-refractivity contribution is -0.272. The van der Waals surface area contributed by atoms with Gasteiger partial charge in [0.1, 0.15) is 24.2 Å². The number of aromatic nitrogens is 4. The van der Waals surface area contributed by atoms with Crippen molar-refractivity contribution in [3.8, 4) is 0 Å². The summed E-state index contributed by atoms with van der Waals surface area (Å²) in [5.41, 5.74) is -1.11. The van der Waals surface area contributed by atoms with Crippen LogP contribution in [0.3, 0.4) is 0 Å². The highest BCUT2D eigenvalue weighted by atomic mass is 19.1. The Labute approximate surface area is 125 Å². The van der Waals surface area contributed by atoms with Crippen LogP contribution in [0.4, 0.5) is 4.39 Å². The van der Waals surface area contributed by atoms with E-state index in [1.54, 1.807) is 6.92 Å². The summed E-state index contributed by atoms with van der Waals surface area (Å²) in [6, 6.07) is 0. The van der Waals surface area contributed by atoms with E-state index in [0.717, 1.165) is 6.92 Å². The highest BCUT2D eigenvalue weighted by molar-refractivity contribution is 5.44. The number of aliphatic hydroxyl groups excluding tert-OH is 2. The Morgan fingerprint density at radius 3 is 2.82 bits per heavy atom. The van der Waals surface area contributed by atoms with Crippen molar-refractivity contribution in [1.82, 2.24) is 19.6 Å². The van der Waals surface area contributed by atoms with Crippen LogP contribution < -0.4 is 0 Å². The Hall–Kier alpha value is -1.68. The first-order chi connectivity index (χ1) is 10.4. The zero-order valence-corrected chi connectivity index (χ0v) is 12.4. The maximum absolute atomic E-state index is 15.3. The molecule has 8 nitrogen and oxygen atoms in total. The SMILES string of the molecule is CO[C@@]1(c2cnc3c(C)ncnn23)O[C@H](CO)[C@@H](O)[C@@]1(C)F. The minimum absolute atomic E-state index is 0.176. The number of ether oxygens (including phenoxy) is 2. The summed E-state index contributed by atoms with van der Waals surface area (Å²) in [5, 5.41) is 23.5. The normalized spacial score (nSPS) is 35.4. The van der Waals surface area contributed by atoms with Gasteiger partial charge in [0.2, 0.25) is 0 Å². The Balaban J connectivity index is 2.24. The fourth-order valence-corrected chi connectivity index (χ4v) is 2.89. The molecule has 0 aromatic carbocycles. The van der Waals surface area contributed by atoms with Gasteiger partial charge in [0, 0.05) is 7.11 Å². The summed E-state index contributed by atoms with van der Waals surface area (Å²) in [6.07, 6.45) is -0.0130. The number of hydrogen-bond acceptors (Lipinski definition) is 7. The van der Waals surface area contributed by atoms with Gasteiger partial charge in [-0.25, -0.2) is 18.9 Å². The maximum Gasteiger partial charge on any atom is 0.252 e. The fourth-order valence-electron chi connectivity index (χ4n) is 2.89. The number of rotatable bonds is 3. The van der Waals surface area contributed by atoms with E-state index in [1.807, 2.05) is 0 Å². The summed E-state index contributed by atoms with van der Waals surface area (Å²) in [5.74, 6) is -1.94. The lowest BCUT2D eigenvalue weighted by atomic mass is 9.90. The third kappa shape index (κ3) is 1.73. The number of methoxy groups -OCH3 is 1. The Morgan fingerprint density at radius 1 is 1.50 bits per heavy atom. The molecule has 0 spiro atoms. The van der Waals surface area contributed by atoms with Gasteiger partial charge in [-0.2, -0.15) is 5.10 Å². The molecule has 1 aliphatic heterocycles. The summed E-state index contributed by atoms with van der Waals surface area (Å²) in [7, 11) is 1.26. The zero-order chi connectivity index (χ0) is 16.1. The van der Waals surface area contributed by atoms with E-state index in [2.05, 4.69) is 15.1 Å². The van der Waals surface area contributed by atoms with Crippen LogP contribution in [0.2, 0.25) is 0 Å². The topological polar surface area (TPSA) is 102 Å². The number of hydrogen-bond donors (Lipinski definition) is 2. The molecule has 1 saturated heterocycles. The average Bonchev–Trinajstić information content (AvgIpc) is 3.01. The summed E-state index contributed by atoms with van der Waals surface area (Å²) in [6.45, 7) is 2.35. The molecule has 0 bridgehead atoms. The van der Waals surface area contributed by atoms with Gasteiger partial charge < -0.3 is 19.7 Å². The van der Waals surface area contributed by atoms with Crippen molar-refractivity contribution in [2.45, 2.75) is 37.5 Å². The number of imidazole rings is 1. The molecular formula is C13H17FN4O4. The van der Waals surface area contributed by atoms with E-state index in [9.17, 15) is 10.2 Å². The number of aliphatic hydroxyl groups is 2.